The third-order valence-electron chi connectivity index (χ3n) is 3.32. The van der Waals surface area contributed by atoms with E-state index in [0.29, 0.717) is 5.58 Å². The lowest BCUT2D eigenvalue weighted by Gasteiger charge is -2.27. The second kappa shape index (κ2) is 5.22. The molecular weight excluding hydrogens is 248 g/mol. The molecule has 18 heavy (non-hydrogen) atoms. The van der Waals surface area contributed by atoms with Crippen LogP contribution in [0.2, 0.25) is 0 Å². The molecule has 1 aromatic carbocycles. The molecule has 0 aliphatic carbocycles. The van der Waals surface area contributed by atoms with Crippen LogP contribution in [0, 0.1) is 0 Å². The summed E-state index contributed by atoms with van der Waals surface area (Å²) in [6.07, 6.45) is 1.03. The molecule has 5 heteroatoms. The molecule has 96 valence electrons. The van der Waals surface area contributed by atoms with Crippen molar-refractivity contribution >= 4 is 21.6 Å². The minimum absolute atomic E-state index is 0.218. The fourth-order valence-electron chi connectivity index (χ4n) is 2.29. The van der Waals surface area contributed by atoms with Gasteiger partial charge in [0.15, 0.2) is 0 Å². The van der Waals surface area contributed by atoms with Gasteiger partial charge in [0, 0.05) is 32.7 Å². The zero-order valence-electron chi connectivity index (χ0n) is 10.1. The van der Waals surface area contributed by atoms with Gasteiger partial charge in [-0.1, -0.05) is 17.4 Å². The number of nitrogens with one attached hydrogen (secondary N) is 1. The van der Waals surface area contributed by atoms with E-state index < -0.39 is 0 Å². The molecule has 1 aliphatic heterocycles. The molecule has 4 nitrogen and oxygen atoms in total. The number of fused-ring (bicyclic) bond motifs is 1. The number of rotatable bonds is 3. The second-order valence-electron chi connectivity index (χ2n) is 4.58. The van der Waals surface area contributed by atoms with Crippen molar-refractivity contribution in [3.05, 3.63) is 33.5 Å². The van der Waals surface area contributed by atoms with Gasteiger partial charge >= 0.3 is 4.94 Å². The highest BCUT2D eigenvalue weighted by molar-refractivity contribution is 7.16. The van der Waals surface area contributed by atoms with Gasteiger partial charge in [-0.05, 0) is 24.1 Å². The molecule has 1 aliphatic rings. The fourth-order valence-corrected chi connectivity index (χ4v) is 3.03. The zero-order valence-corrected chi connectivity index (χ0v) is 11.0. The summed E-state index contributed by atoms with van der Waals surface area (Å²) in [5.74, 6) is 0. The minimum atomic E-state index is -0.218. The summed E-state index contributed by atoms with van der Waals surface area (Å²) in [7, 11) is 0. The van der Waals surface area contributed by atoms with Crippen LogP contribution in [0.15, 0.2) is 27.4 Å². The maximum absolute atomic E-state index is 11.1. The van der Waals surface area contributed by atoms with Gasteiger partial charge in [-0.3, -0.25) is 0 Å². The number of piperazine rings is 1. The van der Waals surface area contributed by atoms with Crippen molar-refractivity contribution in [2.75, 3.05) is 32.7 Å². The fraction of sp³-hybridized carbons (Fsp3) is 0.462. The Balaban J connectivity index is 1.68. The molecule has 1 N–H and O–H groups in total. The first-order chi connectivity index (χ1) is 8.81. The predicted molar refractivity (Wildman–Crippen MR) is 73.4 cm³/mol. The van der Waals surface area contributed by atoms with Crippen molar-refractivity contribution in [2.24, 2.45) is 0 Å². The quantitative estimate of drug-likeness (QED) is 0.907. The summed E-state index contributed by atoms with van der Waals surface area (Å²) >= 11 is 1.18. The normalized spacial score (nSPS) is 17.3. The summed E-state index contributed by atoms with van der Waals surface area (Å²) in [5.41, 5.74) is 1.98. The molecule has 0 unspecified atom stereocenters. The summed E-state index contributed by atoms with van der Waals surface area (Å²) in [6, 6.07) is 6.04. The Morgan fingerprint density at radius 2 is 2.17 bits per heavy atom. The van der Waals surface area contributed by atoms with Crippen LogP contribution in [0.25, 0.3) is 10.3 Å². The Hall–Kier alpha value is -1.17. The average molecular weight is 264 g/mol. The highest BCUT2D eigenvalue weighted by Gasteiger charge is 2.09. The Bertz CT molecular complexity index is 584. The maximum atomic E-state index is 11.1. The highest BCUT2D eigenvalue weighted by atomic mass is 32.1. The summed E-state index contributed by atoms with van der Waals surface area (Å²) in [6.45, 7) is 5.51. The molecule has 1 saturated heterocycles. The number of hydrogen-bond acceptors (Lipinski definition) is 5. The van der Waals surface area contributed by atoms with E-state index in [9.17, 15) is 4.79 Å². The van der Waals surface area contributed by atoms with Crippen LogP contribution in [-0.4, -0.2) is 37.6 Å². The number of hydrogen-bond donors (Lipinski definition) is 1. The second-order valence-corrected chi connectivity index (χ2v) is 5.55. The summed E-state index contributed by atoms with van der Waals surface area (Å²) in [5, 5.41) is 3.35. The first kappa shape index (κ1) is 11.9. The van der Waals surface area contributed by atoms with E-state index in [1.54, 1.807) is 0 Å². The first-order valence-electron chi connectivity index (χ1n) is 6.27. The van der Waals surface area contributed by atoms with Crippen LogP contribution in [0.5, 0.6) is 0 Å². The van der Waals surface area contributed by atoms with Crippen LogP contribution in [0.4, 0.5) is 0 Å². The van der Waals surface area contributed by atoms with E-state index in [1.165, 1.54) is 16.9 Å². The number of nitrogens with zero attached hydrogens (tertiary/aromatic N) is 1. The van der Waals surface area contributed by atoms with Gasteiger partial charge in [0.05, 0.1) is 4.70 Å². The van der Waals surface area contributed by atoms with Gasteiger partial charge in [-0.25, -0.2) is 4.79 Å². The number of benzene rings is 1. The minimum Gasteiger partial charge on any atom is -0.414 e. The maximum Gasteiger partial charge on any atom is 0.396 e. The molecule has 0 spiro atoms. The molecule has 0 saturated carbocycles. The van der Waals surface area contributed by atoms with Crippen molar-refractivity contribution in [2.45, 2.75) is 6.42 Å². The van der Waals surface area contributed by atoms with Crippen molar-refractivity contribution < 1.29 is 4.42 Å². The largest absolute Gasteiger partial charge is 0.414 e. The Kier molecular flexibility index (Phi) is 3.45. The van der Waals surface area contributed by atoms with Gasteiger partial charge in [-0.2, -0.15) is 0 Å². The van der Waals surface area contributed by atoms with E-state index in [-0.39, 0.29) is 4.94 Å². The SMILES string of the molecule is O=c1oc2ccc(CCN3CCNCC3)cc2s1. The van der Waals surface area contributed by atoms with E-state index >= 15 is 0 Å². The van der Waals surface area contributed by atoms with E-state index in [2.05, 4.69) is 22.3 Å². The molecule has 0 bridgehead atoms. The molecule has 0 radical (unpaired) electrons. The Morgan fingerprint density at radius 3 is 3.00 bits per heavy atom. The highest BCUT2D eigenvalue weighted by Crippen LogP contribution is 2.18. The van der Waals surface area contributed by atoms with Crippen LogP contribution in [0.1, 0.15) is 5.56 Å². The molecule has 2 aromatic rings. The molecule has 3 rings (SSSR count). The van der Waals surface area contributed by atoms with Crippen molar-refractivity contribution in [1.82, 2.24) is 10.2 Å². The molecule has 0 atom stereocenters. The van der Waals surface area contributed by atoms with Gasteiger partial charge in [-0.15, -0.1) is 0 Å². The average Bonchev–Trinajstić information content (AvgIpc) is 2.77. The van der Waals surface area contributed by atoms with Crippen LogP contribution in [-0.2, 0) is 6.42 Å². The Labute approximate surface area is 109 Å². The molecule has 1 fully saturated rings. The van der Waals surface area contributed by atoms with E-state index in [0.717, 1.165) is 43.8 Å². The van der Waals surface area contributed by atoms with Gasteiger partial charge in [0.1, 0.15) is 5.58 Å². The molecule has 1 aromatic heterocycles. The lowest BCUT2D eigenvalue weighted by Crippen LogP contribution is -2.44. The van der Waals surface area contributed by atoms with E-state index in [1.807, 2.05) is 6.07 Å². The van der Waals surface area contributed by atoms with Gasteiger partial charge in [0.25, 0.3) is 0 Å². The third kappa shape index (κ3) is 2.63. The monoisotopic (exact) mass is 264 g/mol. The lowest BCUT2D eigenvalue weighted by molar-refractivity contribution is 0.244. The van der Waals surface area contributed by atoms with E-state index in [4.69, 9.17) is 4.42 Å². The van der Waals surface area contributed by atoms with Crippen molar-refractivity contribution in [1.29, 1.82) is 0 Å². The third-order valence-corrected chi connectivity index (χ3v) is 4.11. The van der Waals surface area contributed by atoms with Gasteiger partial charge in [0.2, 0.25) is 0 Å². The van der Waals surface area contributed by atoms with Crippen LogP contribution >= 0.6 is 11.3 Å². The van der Waals surface area contributed by atoms with Gasteiger partial charge < -0.3 is 14.6 Å². The molecule has 2 heterocycles. The standard InChI is InChI=1S/C13H16N2O2S/c16-13-17-11-2-1-10(9-12(11)18-13)3-6-15-7-4-14-5-8-15/h1-2,9,14H,3-8H2. The molecular formula is C13H16N2O2S. The zero-order chi connectivity index (χ0) is 12.4. The van der Waals surface area contributed by atoms with Crippen molar-refractivity contribution in [3.63, 3.8) is 0 Å². The molecule has 0 amide bonds. The first-order valence-corrected chi connectivity index (χ1v) is 7.08. The topological polar surface area (TPSA) is 45.5 Å². The summed E-state index contributed by atoms with van der Waals surface area (Å²) in [4.78, 5) is 13.4. The Morgan fingerprint density at radius 1 is 1.33 bits per heavy atom. The predicted octanol–water partition coefficient (Wildman–Crippen LogP) is 1.30. The summed E-state index contributed by atoms with van der Waals surface area (Å²) < 4.78 is 6.02. The van der Waals surface area contributed by atoms with Crippen LogP contribution in [0.3, 0.4) is 0 Å². The van der Waals surface area contributed by atoms with Crippen molar-refractivity contribution in [3.8, 4) is 0 Å². The lowest BCUT2D eigenvalue weighted by atomic mass is 10.1. The van der Waals surface area contributed by atoms with Crippen LogP contribution < -0.4 is 10.3 Å². The smallest absolute Gasteiger partial charge is 0.396 e.